The van der Waals surface area contributed by atoms with Crippen molar-refractivity contribution in [3.05, 3.63) is 110 Å². The van der Waals surface area contributed by atoms with Crippen molar-refractivity contribution in [3.63, 3.8) is 0 Å². The van der Waals surface area contributed by atoms with Crippen LogP contribution in [-0.2, 0) is 22.4 Å². The van der Waals surface area contributed by atoms with Crippen molar-refractivity contribution in [2.75, 3.05) is 7.11 Å². The predicted octanol–water partition coefficient (Wildman–Crippen LogP) is 10.9. The molecule has 0 fully saturated rings. The summed E-state index contributed by atoms with van der Waals surface area (Å²) < 4.78 is 5.77. The second kappa shape index (κ2) is 14.0. The molecular formula is C44H52O3. The van der Waals surface area contributed by atoms with Crippen molar-refractivity contribution < 1.29 is 14.3 Å². The molecule has 0 amide bonds. The fourth-order valence-corrected chi connectivity index (χ4v) is 8.03. The third kappa shape index (κ3) is 7.00. The Morgan fingerprint density at radius 1 is 0.638 bits per heavy atom. The van der Waals surface area contributed by atoms with E-state index in [4.69, 9.17) is 4.74 Å². The summed E-state index contributed by atoms with van der Waals surface area (Å²) in [6, 6.07) is 18.1. The SMILES string of the molecule is CC(=O)C[C@H]1CCc2cc(C)c(C)c(C)c2-c2ccc(C)cc21.COc1c(C)c(C)cc2c1CC[C@H](CC(C)=O)c1cc(C)ccc1-2. The molecule has 47 heavy (non-hydrogen) atoms. The molecule has 246 valence electrons. The van der Waals surface area contributed by atoms with Crippen molar-refractivity contribution in [2.24, 2.45) is 0 Å². The van der Waals surface area contributed by atoms with Crippen LogP contribution in [0.5, 0.6) is 5.75 Å². The van der Waals surface area contributed by atoms with Crippen molar-refractivity contribution >= 4 is 11.6 Å². The van der Waals surface area contributed by atoms with Crippen molar-refractivity contribution in [2.45, 2.75) is 113 Å². The zero-order valence-electron chi connectivity index (χ0n) is 30.2. The van der Waals surface area contributed by atoms with E-state index < -0.39 is 0 Å². The van der Waals surface area contributed by atoms with E-state index in [0.29, 0.717) is 18.8 Å². The lowest BCUT2D eigenvalue weighted by Gasteiger charge is -2.19. The van der Waals surface area contributed by atoms with Gasteiger partial charge in [-0.1, -0.05) is 59.7 Å². The molecule has 0 saturated carbocycles. The molecule has 0 N–H and O–H groups in total. The summed E-state index contributed by atoms with van der Waals surface area (Å²) in [5.41, 5.74) is 19.9. The molecule has 0 aliphatic heterocycles. The van der Waals surface area contributed by atoms with Crippen LogP contribution in [0.3, 0.4) is 0 Å². The van der Waals surface area contributed by atoms with Crippen LogP contribution >= 0.6 is 0 Å². The molecule has 6 rings (SSSR count). The molecule has 3 nitrogen and oxygen atoms in total. The fourth-order valence-electron chi connectivity index (χ4n) is 8.03. The van der Waals surface area contributed by atoms with Gasteiger partial charge in [-0.25, -0.2) is 0 Å². The highest BCUT2D eigenvalue weighted by Crippen LogP contribution is 2.45. The number of aryl methyl sites for hydroxylation is 5. The molecule has 0 unspecified atom stereocenters. The first-order chi connectivity index (χ1) is 22.3. The van der Waals surface area contributed by atoms with Gasteiger partial charge in [0.25, 0.3) is 0 Å². The summed E-state index contributed by atoms with van der Waals surface area (Å²) in [4.78, 5) is 23.6. The normalized spacial score (nSPS) is 16.3. The van der Waals surface area contributed by atoms with Gasteiger partial charge in [-0.15, -0.1) is 0 Å². The number of carbonyl (C=O) groups is 2. The average molecular weight is 629 g/mol. The number of hydrogen-bond acceptors (Lipinski definition) is 3. The van der Waals surface area contributed by atoms with Crippen LogP contribution in [0.25, 0.3) is 22.3 Å². The van der Waals surface area contributed by atoms with Crippen LogP contribution < -0.4 is 4.74 Å². The number of fused-ring (bicyclic) bond motifs is 6. The molecule has 2 aliphatic carbocycles. The second-order valence-corrected chi connectivity index (χ2v) is 14.3. The molecule has 0 aromatic heterocycles. The van der Waals surface area contributed by atoms with Gasteiger partial charge in [0.1, 0.15) is 17.3 Å². The quantitative estimate of drug-likeness (QED) is 0.221. The molecular weight excluding hydrogens is 576 g/mol. The van der Waals surface area contributed by atoms with E-state index >= 15 is 0 Å². The van der Waals surface area contributed by atoms with Crippen LogP contribution in [0.2, 0.25) is 0 Å². The molecule has 0 heterocycles. The van der Waals surface area contributed by atoms with Crippen LogP contribution in [0.4, 0.5) is 0 Å². The molecule has 0 saturated heterocycles. The lowest BCUT2D eigenvalue weighted by atomic mass is 9.85. The second-order valence-electron chi connectivity index (χ2n) is 14.3. The van der Waals surface area contributed by atoms with Gasteiger partial charge < -0.3 is 14.3 Å². The Bertz CT molecular complexity index is 1860. The molecule has 2 atom stereocenters. The van der Waals surface area contributed by atoms with Gasteiger partial charge in [0.2, 0.25) is 0 Å². The van der Waals surface area contributed by atoms with Gasteiger partial charge in [-0.3, -0.25) is 0 Å². The van der Waals surface area contributed by atoms with E-state index in [9.17, 15) is 9.59 Å². The van der Waals surface area contributed by atoms with Gasteiger partial charge in [0.15, 0.2) is 0 Å². The maximum Gasteiger partial charge on any atom is 0.130 e. The number of carbonyl (C=O) groups excluding carboxylic acids is 2. The molecule has 4 aromatic carbocycles. The van der Waals surface area contributed by atoms with E-state index in [1.54, 1.807) is 21.0 Å². The Hall–Kier alpha value is -3.98. The number of methoxy groups -OCH3 is 1. The van der Waals surface area contributed by atoms with Gasteiger partial charge in [-0.2, -0.15) is 0 Å². The van der Waals surface area contributed by atoms with Gasteiger partial charge in [0.05, 0.1) is 7.11 Å². The minimum Gasteiger partial charge on any atom is -0.496 e. The average Bonchev–Trinajstić information content (AvgIpc) is 3.24. The number of ether oxygens (including phenoxy) is 1. The van der Waals surface area contributed by atoms with E-state index in [1.807, 2.05) is 0 Å². The molecule has 0 radical (unpaired) electrons. The highest BCUT2D eigenvalue weighted by Gasteiger charge is 2.27. The largest absolute Gasteiger partial charge is 0.496 e. The van der Waals surface area contributed by atoms with Gasteiger partial charge in [-0.05, 0) is 167 Å². The summed E-state index contributed by atoms with van der Waals surface area (Å²) in [6.45, 7) is 18.6. The number of benzene rings is 4. The van der Waals surface area contributed by atoms with E-state index in [1.165, 1.54) is 83.5 Å². The first-order valence-electron chi connectivity index (χ1n) is 17.3. The highest BCUT2D eigenvalue weighted by molar-refractivity contribution is 5.82. The summed E-state index contributed by atoms with van der Waals surface area (Å²) in [6.07, 6.45) is 5.33. The lowest BCUT2D eigenvalue weighted by molar-refractivity contribution is -0.118. The predicted molar refractivity (Wildman–Crippen MR) is 196 cm³/mol. The van der Waals surface area contributed by atoms with Crippen LogP contribution in [0.1, 0.15) is 113 Å². The Kier molecular flexibility index (Phi) is 10.2. The molecule has 3 heteroatoms. The van der Waals surface area contributed by atoms with Crippen molar-refractivity contribution in [1.29, 1.82) is 0 Å². The number of hydrogen-bond donors (Lipinski definition) is 0. The first kappa shape index (κ1) is 34.4. The molecule has 0 bridgehead atoms. The monoisotopic (exact) mass is 628 g/mol. The minimum atomic E-state index is 0.262. The van der Waals surface area contributed by atoms with Gasteiger partial charge in [0, 0.05) is 18.4 Å². The van der Waals surface area contributed by atoms with Crippen molar-refractivity contribution in [3.8, 4) is 28.0 Å². The Balaban J connectivity index is 0.000000185. The summed E-state index contributed by atoms with van der Waals surface area (Å²) in [5, 5.41) is 0. The van der Waals surface area contributed by atoms with Crippen molar-refractivity contribution in [1.82, 2.24) is 0 Å². The fraction of sp³-hybridized carbons (Fsp3) is 0.409. The Labute approximate surface area is 282 Å². The van der Waals surface area contributed by atoms with Crippen LogP contribution in [0, 0.1) is 48.5 Å². The van der Waals surface area contributed by atoms with Crippen LogP contribution in [-0.4, -0.2) is 18.7 Å². The Morgan fingerprint density at radius 2 is 1.17 bits per heavy atom. The molecule has 2 aliphatic rings. The summed E-state index contributed by atoms with van der Waals surface area (Å²) in [7, 11) is 1.76. The zero-order valence-corrected chi connectivity index (χ0v) is 30.2. The lowest BCUT2D eigenvalue weighted by Crippen LogP contribution is -2.05. The van der Waals surface area contributed by atoms with E-state index in [0.717, 1.165) is 31.4 Å². The Morgan fingerprint density at radius 3 is 1.74 bits per heavy atom. The van der Waals surface area contributed by atoms with Gasteiger partial charge >= 0.3 is 0 Å². The molecule has 4 aromatic rings. The smallest absolute Gasteiger partial charge is 0.130 e. The van der Waals surface area contributed by atoms with Crippen LogP contribution in [0.15, 0.2) is 48.5 Å². The number of Topliss-reactive ketones (excluding diaryl/α,β-unsaturated/α-hetero) is 2. The third-order valence-corrected chi connectivity index (χ3v) is 10.8. The zero-order chi connectivity index (χ0) is 34.2. The topological polar surface area (TPSA) is 43.4 Å². The third-order valence-electron chi connectivity index (χ3n) is 10.8. The van der Waals surface area contributed by atoms with E-state index in [-0.39, 0.29) is 17.5 Å². The highest BCUT2D eigenvalue weighted by atomic mass is 16.5. The molecule has 0 spiro atoms. The maximum atomic E-state index is 11.8. The summed E-state index contributed by atoms with van der Waals surface area (Å²) >= 11 is 0. The number of ketones is 2. The van der Waals surface area contributed by atoms with E-state index in [2.05, 4.69) is 97.0 Å². The number of rotatable bonds is 5. The maximum absolute atomic E-state index is 11.8. The standard InChI is InChI=1S/C22H26O2.C22H26O/c1-13-6-8-18-20(10-13)17(12-15(3)23)7-9-19-21(18)11-14(2)16(4)22(19)24-5;1-13-6-9-20-21(10-13)18(12-15(3)23)7-8-19-11-14(2)16(4)17(5)22(19)20/h6,8,10-11,17H,7,9,12H2,1-5H3;6,9-11,18H,7-8,12H2,1-5H3/t17-;18-/m11/s1. The summed E-state index contributed by atoms with van der Waals surface area (Å²) in [5.74, 6) is 2.19. The minimum absolute atomic E-state index is 0.262. The first-order valence-corrected chi connectivity index (χ1v) is 17.3.